The van der Waals surface area contributed by atoms with Gasteiger partial charge in [0.15, 0.2) is 0 Å². The first kappa shape index (κ1) is 16.9. The molecule has 24 heavy (non-hydrogen) atoms. The van der Waals surface area contributed by atoms with Crippen molar-refractivity contribution in [3.63, 3.8) is 0 Å². The summed E-state index contributed by atoms with van der Waals surface area (Å²) in [5.74, 6) is -0.645. The molecule has 1 saturated heterocycles. The number of sulfonamides is 1. The molecular weight excluding hydrogens is 399 g/mol. The largest absolute Gasteiger partial charge is 0.312 e. The third-order valence-corrected chi connectivity index (χ3v) is 5.58. The Morgan fingerprint density at radius 3 is 2.42 bits per heavy atom. The molecule has 0 bridgehead atoms. The van der Waals surface area contributed by atoms with Crippen molar-refractivity contribution in [3.05, 3.63) is 52.8 Å². The number of carbonyl (C=O) groups excluding carboxylic acids is 1. The van der Waals surface area contributed by atoms with Crippen LogP contribution in [0.5, 0.6) is 0 Å². The van der Waals surface area contributed by atoms with Crippen LogP contribution in [0, 0.1) is 5.82 Å². The fourth-order valence-corrected chi connectivity index (χ4v) is 3.90. The van der Waals surface area contributed by atoms with E-state index in [0.717, 1.165) is 6.42 Å². The lowest BCUT2D eigenvalue weighted by Crippen LogP contribution is -2.23. The van der Waals surface area contributed by atoms with E-state index in [2.05, 4.69) is 20.7 Å². The number of anilines is 2. The Labute approximate surface area is 147 Å². The van der Waals surface area contributed by atoms with Gasteiger partial charge in [0.2, 0.25) is 5.91 Å². The van der Waals surface area contributed by atoms with E-state index in [0.29, 0.717) is 23.1 Å². The summed E-state index contributed by atoms with van der Waals surface area (Å²) in [7, 11) is -3.91. The summed E-state index contributed by atoms with van der Waals surface area (Å²) in [4.78, 5) is 13.3. The summed E-state index contributed by atoms with van der Waals surface area (Å²) in [6.07, 6.45) is 1.30. The highest BCUT2D eigenvalue weighted by molar-refractivity contribution is 9.10. The lowest BCUT2D eigenvalue weighted by atomic mass is 10.3. The van der Waals surface area contributed by atoms with Crippen molar-refractivity contribution < 1.29 is 17.6 Å². The predicted octanol–water partition coefficient (Wildman–Crippen LogP) is 3.52. The molecule has 2 aromatic carbocycles. The number of nitrogens with one attached hydrogen (secondary N) is 1. The van der Waals surface area contributed by atoms with Crippen LogP contribution in [0.15, 0.2) is 51.8 Å². The average molecular weight is 413 g/mol. The maximum atomic E-state index is 13.8. The summed E-state index contributed by atoms with van der Waals surface area (Å²) in [6, 6.07) is 10.0. The van der Waals surface area contributed by atoms with E-state index in [-0.39, 0.29) is 16.5 Å². The second kappa shape index (κ2) is 6.52. The molecule has 1 amide bonds. The lowest BCUT2D eigenvalue weighted by molar-refractivity contribution is -0.117. The van der Waals surface area contributed by atoms with E-state index in [1.807, 2.05) is 0 Å². The highest BCUT2D eigenvalue weighted by Crippen LogP contribution is 2.25. The number of benzene rings is 2. The summed E-state index contributed by atoms with van der Waals surface area (Å²) in [6.45, 7) is 0.632. The van der Waals surface area contributed by atoms with Gasteiger partial charge >= 0.3 is 0 Å². The molecular formula is C16H14BrFN2O3S. The molecule has 0 aromatic heterocycles. The van der Waals surface area contributed by atoms with Gasteiger partial charge in [0.05, 0.1) is 10.6 Å². The normalized spacial score (nSPS) is 14.9. The van der Waals surface area contributed by atoms with Crippen LogP contribution in [0.25, 0.3) is 0 Å². The molecule has 0 saturated carbocycles. The Bertz CT molecular complexity index is 885. The fraction of sp³-hybridized carbons (Fsp3) is 0.188. The Morgan fingerprint density at radius 1 is 1.12 bits per heavy atom. The minimum Gasteiger partial charge on any atom is -0.312 e. The van der Waals surface area contributed by atoms with E-state index >= 15 is 0 Å². The standard InChI is InChI=1S/C16H14BrFN2O3S/c17-11-3-8-15(14(18)10-11)19-24(22,23)13-6-4-12(5-7-13)20-9-1-2-16(20)21/h3-8,10,19H,1-2,9H2. The number of hydrogen-bond acceptors (Lipinski definition) is 3. The minimum absolute atomic E-state index is 0.000199. The van der Waals surface area contributed by atoms with Crippen LogP contribution in [-0.4, -0.2) is 20.9 Å². The van der Waals surface area contributed by atoms with Gasteiger partial charge in [0.1, 0.15) is 5.82 Å². The molecule has 2 aromatic rings. The Hall–Kier alpha value is -1.93. The molecule has 1 fully saturated rings. The zero-order chi connectivity index (χ0) is 17.3. The zero-order valence-electron chi connectivity index (χ0n) is 12.5. The molecule has 1 aliphatic heterocycles. The quantitative estimate of drug-likeness (QED) is 0.835. The van der Waals surface area contributed by atoms with Crippen molar-refractivity contribution in [2.75, 3.05) is 16.2 Å². The van der Waals surface area contributed by atoms with Crippen LogP contribution in [0.4, 0.5) is 15.8 Å². The second-order valence-corrected chi connectivity index (χ2v) is 7.97. The van der Waals surface area contributed by atoms with Crippen LogP contribution in [-0.2, 0) is 14.8 Å². The van der Waals surface area contributed by atoms with Crippen molar-refractivity contribution in [2.24, 2.45) is 0 Å². The van der Waals surface area contributed by atoms with Crippen molar-refractivity contribution in [2.45, 2.75) is 17.7 Å². The van der Waals surface area contributed by atoms with E-state index in [1.54, 1.807) is 23.1 Å². The number of nitrogens with zero attached hydrogens (tertiary/aromatic N) is 1. The van der Waals surface area contributed by atoms with E-state index < -0.39 is 15.8 Å². The van der Waals surface area contributed by atoms with Crippen LogP contribution in [0.3, 0.4) is 0 Å². The first-order valence-corrected chi connectivity index (χ1v) is 9.53. The summed E-state index contributed by atoms with van der Waals surface area (Å²) < 4.78 is 41.3. The van der Waals surface area contributed by atoms with Gasteiger partial charge in [0.25, 0.3) is 10.0 Å². The van der Waals surface area contributed by atoms with Gasteiger partial charge in [-0.2, -0.15) is 0 Å². The van der Waals surface area contributed by atoms with E-state index in [9.17, 15) is 17.6 Å². The van der Waals surface area contributed by atoms with Gasteiger partial charge in [-0.1, -0.05) is 15.9 Å². The molecule has 0 aliphatic carbocycles. The van der Waals surface area contributed by atoms with Crippen molar-refractivity contribution >= 4 is 43.2 Å². The van der Waals surface area contributed by atoms with Crippen LogP contribution >= 0.6 is 15.9 Å². The first-order chi connectivity index (χ1) is 11.4. The number of carbonyl (C=O) groups is 1. The number of rotatable bonds is 4. The summed E-state index contributed by atoms with van der Waals surface area (Å²) in [5, 5.41) is 0. The maximum Gasteiger partial charge on any atom is 0.261 e. The van der Waals surface area contributed by atoms with Crippen molar-refractivity contribution in [3.8, 4) is 0 Å². The minimum atomic E-state index is -3.91. The van der Waals surface area contributed by atoms with Gasteiger partial charge < -0.3 is 4.90 Å². The average Bonchev–Trinajstić information content (AvgIpc) is 2.96. The smallest absolute Gasteiger partial charge is 0.261 e. The molecule has 0 unspecified atom stereocenters. The molecule has 1 aliphatic rings. The zero-order valence-corrected chi connectivity index (χ0v) is 14.9. The summed E-state index contributed by atoms with van der Waals surface area (Å²) >= 11 is 3.12. The molecule has 1 heterocycles. The Morgan fingerprint density at radius 2 is 1.83 bits per heavy atom. The van der Waals surface area contributed by atoms with Crippen molar-refractivity contribution in [1.82, 2.24) is 0 Å². The highest BCUT2D eigenvalue weighted by Gasteiger charge is 2.22. The molecule has 126 valence electrons. The monoisotopic (exact) mass is 412 g/mol. The lowest BCUT2D eigenvalue weighted by Gasteiger charge is -2.16. The van der Waals surface area contributed by atoms with Crippen LogP contribution in [0.1, 0.15) is 12.8 Å². The van der Waals surface area contributed by atoms with Gasteiger partial charge in [-0.05, 0) is 48.9 Å². The molecule has 5 nitrogen and oxygen atoms in total. The SMILES string of the molecule is O=C1CCCN1c1ccc(S(=O)(=O)Nc2ccc(Br)cc2F)cc1. The fourth-order valence-electron chi connectivity index (χ4n) is 2.50. The third-order valence-electron chi connectivity index (χ3n) is 3.71. The van der Waals surface area contributed by atoms with E-state index in [1.165, 1.54) is 24.3 Å². The maximum absolute atomic E-state index is 13.8. The molecule has 3 rings (SSSR count). The Balaban J connectivity index is 1.83. The molecule has 1 N–H and O–H groups in total. The molecule has 0 radical (unpaired) electrons. The number of halogens is 2. The van der Waals surface area contributed by atoms with Crippen LogP contribution < -0.4 is 9.62 Å². The van der Waals surface area contributed by atoms with Gasteiger partial charge in [-0.3, -0.25) is 9.52 Å². The van der Waals surface area contributed by atoms with Gasteiger partial charge in [0, 0.05) is 23.1 Å². The van der Waals surface area contributed by atoms with Gasteiger partial charge in [-0.25, -0.2) is 12.8 Å². The van der Waals surface area contributed by atoms with Crippen LogP contribution in [0.2, 0.25) is 0 Å². The topological polar surface area (TPSA) is 66.5 Å². The number of amides is 1. The molecule has 8 heteroatoms. The summed E-state index contributed by atoms with van der Waals surface area (Å²) in [5.41, 5.74) is 0.531. The van der Waals surface area contributed by atoms with Gasteiger partial charge in [-0.15, -0.1) is 0 Å². The van der Waals surface area contributed by atoms with E-state index in [4.69, 9.17) is 0 Å². The third kappa shape index (κ3) is 3.44. The Kier molecular flexibility index (Phi) is 4.60. The predicted molar refractivity (Wildman–Crippen MR) is 92.9 cm³/mol. The number of hydrogen-bond donors (Lipinski definition) is 1. The first-order valence-electron chi connectivity index (χ1n) is 7.25. The highest BCUT2D eigenvalue weighted by atomic mass is 79.9. The molecule has 0 atom stereocenters. The van der Waals surface area contributed by atoms with Crippen molar-refractivity contribution in [1.29, 1.82) is 0 Å². The second-order valence-electron chi connectivity index (χ2n) is 5.37. The molecule has 0 spiro atoms.